The lowest BCUT2D eigenvalue weighted by Gasteiger charge is -2.20. The fraction of sp³-hybridized carbons (Fsp3) is 0.364. The SMILES string of the molecule is CC(C)N(C=O)CC(=O)Nc1cccc(Br)n1. The summed E-state index contributed by atoms with van der Waals surface area (Å²) in [7, 11) is 0. The van der Waals surface area contributed by atoms with Crippen LogP contribution in [0.15, 0.2) is 22.8 Å². The Bertz CT molecular complexity index is 409. The highest BCUT2D eigenvalue weighted by atomic mass is 79.9. The maximum Gasteiger partial charge on any atom is 0.245 e. The summed E-state index contributed by atoms with van der Waals surface area (Å²) < 4.78 is 0.645. The van der Waals surface area contributed by atoms with Crippen molar-refractivity contribution in [2.24, 2.45) is 0 Å². The Kier molecular flexibility index (Phi) is 5.09. The van der Waals surface area contributed by atoms with E-state index in [-0.39, 0.29) is 18.5 Å². The van der Waals surface area contributed by atoms with Crippen LogP contribution in [0.5, 0.6) is 0 Å². The molecule has 1 rings (SSSR count). The molecular formula is C11H14BrN3O2. The summed E-state index contributed by atoms with van der Waals surface area (Å²) in [6.45, 7) is 3.72. The van der Waals surface area contributed by atoms with Gasteiger partial charge in [-0.2, -0.15) is 0 Å². The molecule has 0 radical (unpaired) electrons. The first-order valence-electron chi connectivity index (χ1n) is 5.16. The van der Waals surface area contributed by atoms with Gasteiger partial charge in [-0.25, -0.2) is 4.98 Å². The van der Waals surface area contributed by atoms with Gasteiger partial charge in [0, 0.05) is 6.04 Å². The van der Waals surface area contributed by atoms with Gasteiger partial charge in [0.15, 0.2) is 0 Å². The highest BCUT2D eigenvalue weighted by Gasteiger charge is 2.12. The number of amides is 2. The fourth-order valence-corrected chi connectivity index (χ4v) is 1.51. The summed E-state index contributed by atoms with van der Waals surface area (Å²) in [5.41, 5.74) is 0. The molecular weight excluding hydrogens is 286 g/mol. The number of carbonyl (C=O) groups is 2. The zero-order valence-electron chi connectivity index (χ0n) is 9.68. The van der Waals surface area contributed by atoms with Gasteiger partial charge in [0.2, 0.25) is 12.3 Å². The Morgan fingerprint density at radius 2 is 2.29 bits per heavy atom. The third-order valence-corrected chi connectivity index (χ3v) is 2.55. The van der Waals surface area contributed by atoms with Gasteiger partial charge < -0.3 is 10.2 Å². The number of aromatic nitrogens is 1. The molecule has 0 aliphatic rings. The van der Waals surface area contributed by atoms with Crippen molar-refractivity contribution < 1.29 is 9.59 Å². The highest BCUT2D eigenvalue weighted by molar-refractivity contribution is 9.10. The first-order chi connectivity index (χ1) is 8.02. The van der Waals surface area contributed by atoms with Crippen LogP contribution < -0.4 is 5.32 Å². The minimum Gasteiger partial charge on any atom is -0.334 e. The molecule has 0 bridgehead atoms. The first-order valence-corrected chi connectivity index (χ1v) is 5.95. The molecule has 1 aromatic rings. The number of anilines is 1. The predicted octanol–water partition coefficient (Wildman–Crippen LogP) is 1.65. The smallest absolute Gasteiger partial charge is 0.245 e. The van der Waals surface area contributed by atoms with Gasteiger partial charge in [-0.3, -0.25) is 9.59 Å². The molecule has 0 aromatic carbocycles. The first kappa shape index (κ1) is 13.6. The van der Waals surface area contributed by atoms with Crippen LogP contribution in [0.3, 0.4) is 0 Å². The lowest BCUT2D eigenvalue weighted by atomic mass is 10.3. The van der Waals surface area contributed by atoms with E-state index in [2.05, 4.69) is 26.2 Å². The topological polar surface area (TPSA) is 62.3 Å². The molecule has 0 fully saturated rings. The standard InChI is InChI=1S/C11H14BrN3O2/c1-8(2)15(7-16)6-11(17)14-10-5-3-4-9(12)13-10/h3-5,7-8H,6H2,1-2H3,(H,13,14,17). The van der Waals surface area contributed by atoms with Crippen molar-refractivity contribution in [1.82, 2.24) is 9.88 Å². The van der Waals surface area contributed by atoms with Crippen molar-refractivity contribution in [3.63, 3.8) is 0 Å². The molecule has 0 saturated heterocycles. The number of nitrogens with zero attached hydrogens (tertiary/aromatic N) is 2. The molecule has 1 N–H and O–H groups in total. The summed E-state index contributed by atoms with van der Waals surface area (Å²) in [6, 6.07) is 5.21. The number of pyridine rings is 1. The predicted molar refractivity (Wildman–Crippen MR) is 68.5 cm³/mol. The Morgan fingerprint density at radius 3 is 2.82 bits per heavy atom. The summed E-state index contributed by atoms with van der Waals surface area (Å²) in [6.07, 6.45) is 0.665. The summed E-state index contributed by atoms with van der Waals surface area (Å²) in [5.74, 6) is 0.190. The van der Waals surface area contributed by atoms with Crippen molar-refractivity contribution in [2.45, 2.75) is 19.9 Å². The van der Waals surface area contributed by atoms with Gasteiger partial charge in [-0.05, 0) is 41.9 Å². The Labute approximate surface area is 108 Å². The van der Waals surface area contributed by atoms with Crippen LogP contribution in [0, 0.1) is 0 Å². The lowest BCUT2D eigenvalue weighted by Crippen LogP contribution is -2.37. The van der Waals surface area contributed by atoms with Gasteiger partial charge >= 0.3 is 0 Å². The normalized spacial score (nSPS) is 10.1. The van der Waals surface area contributed by atoms with E-state index in [1.54, 1.807) is 18.2 Å². The molecule has 6 heteroatoms. The molecule has 0 aliphatic heterocycles. The minimum absolute atomic E-state index is 0.00582. The lowest BCUT2D eigenvalue weighted by molar-refractivity contribution is -0.126. The van der Waals surface area contributed by atoms with Crippen molar-refractivity contribution in [1.29, 1.82) is 0 Å². The molecule has 1 heterocycles. The number of carbonyl (C=O) groups excluding carboxylic acids is 2. The van der Waals surface area contributed by atoms with E-state index < -0.39 is 0 Å². The van der Waals surface area contributed by atoms with Gasteiger partial charge in [0.1, 0.15) is 10.4 Å². The fourth-order valence-electron chi connectivity index (χ4n) is 1.17. The van der Waals surface area contributed by atoms with E-state index in [0.29, 0.717) is 16.8 Å². The molecule has 2 amide bonds. The molecule has 0 saturated carbocycles. The molecule has 1 aromatic heterocycles. The molecule has 0 atom stereocenters. The monoisotopic (exact) mass is 299 g/mol. The third kappa shape index (κ3) is 4.52. The van der Waals surface area contributed by atoms with E-state index in [0.717, 1.165) is 0 Å². The van der Waals surface area contributed by atoms with E-state index in [9.17, 15) is 9.59 Å². The highest BCUT2D eigenvalue weighted by Crippen LogP contribution is 2.09. The second-order valence-electron chi connectivity index (χ2n) is 3.77. The zero-order chi connectivity index (χ0) is 12.8. The van der Waals surface area contributed by atoms with E-state index >= 15 is 0 Å². The van der Waals surface area contributed by atoms with Crippen LogP contribution in [0.2, 0.25) is 0 Å². The van der Waals surface area contributed by atoms with Crippen LogP contribution in [0.25, 0.3) is 0 Å². The van der Waals surface area contributed by atoms with Crippen molar-refractivity contribution in [2.75, 3.05) is 11.9 Å². The minimum atomic E-state index is -0.267. The molecule has 0 spiro atoms. The Hall–Kier alpha value is -1.43. The maximum atomic E-state index is 11.6. The largest absolute Gasteiger partial charge is 0.334 e. The van der Waals surface area contributed by atoms with Crippen LogP contribution in [0.4, 0.5) is 5.82 Å². The van der Waals surface area contributed by atoms with Crippen LogP contribution in [-0.4, -0.2) is 34.8 Å². The van der Waals surface area contributed by atoms with Crippen molar-refractivity contribution >= 4 is 34.1 Å². The van der Waals surface area contributed by atoms with Gasteiger partial charge in [-0.1, -0.05) is 6.07 Å². The van der Waals surface area contributed by atoms with Crippen LogP contribution in [0.1, 0.15) is 13.8 Å². The van der Waals surface area contributed by atoms with Gasteiger partial charge in [-0.15, -0.1) is 0 Å². The average molecular weight is 300 g/mol. The Morgan fingerprint density at radius 1 is 1.59 bits per heavy atom. The van der Waals surface area contributed by atoms with Gasteiger partial charge in [0.25, 0.3) is 0 Å². The van der Waals surface area contributed by atoms with E-state index in [1.165, 1.54) is 4.90 Å². The molecule has 0 unspecified atom stereocenters. The number of halogens is 1. The third-order valence-electron chi connectivity index (χ3n) is 2.11. The number of hydrogen-bond acceptors (Lipinski definition) is 3. The summed E-state index contributed by atoms with van der Waals surface area (Å²) in [4.78, 5) is 27.8. The summed E-state index contributed by atoms with van der Waals surface area (Å²) in [5, 5.41) is 2.62. The number of hydrogen-bond donors (Lipinski definition) is 1. The van der Waals surface area contributed by atoms with Crippen LogP contribution >= 0.6 is 15.9 Å². The molecule has 0 aliphatic carbocycles. The number of rotatable bonds is 5. The zero-order valence-corrected chi connectivity index (χ0v) is 11.3. The average Bonchev–Trinajstić information content (AvgIpc) is 2.25. The molecule has 5 nitrogen and oxygen atoms in total. The quantitative estimate of drug-likeness (QED) is 0.664. The van der Waals surface area contributed by atoms with Crippen molar-refractivity contribution in [3.05, 3.63) is 22.8 Å². The van der Waals surface area contributed by atoms with E-state index in [4.69, 9.17) is 0 Å². The molecule has 17 heavy (non-hydrogen) atoms. The Balaban J connectivity index is 2.58. The van der Waals surface area contributed by atoms with Crippen LogP contribution in [-0.2, 0) is 9.59 Å². The van der Waals surface area contributed by atoms with Crippen molar-refractivity contribution in [3.8, 4) is 0 Å². The second-order valence-corrected chi connectivity index (χ2v) is 4.58. The second kappa shape index (κ2) is 6.34. The van der Waals surface area contributed by atoms with E-state index in [1.807, 2.05) is 13.8 Å². The van der Waals surface area contributed by atoms with Gasteiger partial charge in [0.05, 0.1) is 6.54 Å². The number of nitrogens with one attached hydrogen (secondary N) is 1. The maximum absolute atomic E-state index is 11.6. The molecule has 92 valence electrons. The summed E-state index contributed by atoms with van der Waals surface area (Å²) >= 11 is 3.21.